The summed E-state index contributed by atoms with van der Waals surface area (Å²) < 4.78 is 5.02. The fraction of sp³-hybridized carbons (Fsp3) is 0.267. The van der Waals surface area contributed by atoms with Crippen molar-refractivity contribution in [2.75, 3.05) is 0 Å². The monoisotopic (exact) mass is 284 g/mol. The van der Waals surface area contributed by atoms with Gasteiger partial charge >= 0.3 is 0 Å². The van der Waals surface area contributed by atoms with E-state index in [0.717, 1.165) is 16.9 Å². The summed E-state index contributed by atoms with van der Waals surface area (Å²) in [4.78, 5) is 20.0. The first-order valence-electron chi connectivity index (χ1n) is 6.74. The Kier molecular flexibility index (Phi) is 3.21. The van der Waals surface area contributed by atoms with Crippen LogP contribution in [-0.2, 0) is 0 Å². The molecule has 3 aromatic rings. The van der Waals surface area contributed by atoms with Gasteiger partial charge in [0.25, 0.3) is 5.91 Å². The molecule has 0 bridgehead atoms. The van der Waals surface area contributed by atoms with E-state index < -0.39 is 0 Å². The molecule has 2 aromatic heterocycles. The number of rotatable bonds is 3. The number of benzene rings is 1. The minimum absolute atomic E-state index is 0.209. The summed E-state index contributed by atoms with van der Waals surface area (Å²) in [7, 11) is 0. The maximum Gasteiger partial charge on any atom is 0.257 e. The molecule has 6 nitrogen and oxygen atoms in total. The number of aromatic amines is 1. The van der Waals surface area contributed by atoms with E-state index in [2.05, 4.69) is 20.4 Å². The third-order valence-electron chi connectivity index (χ3n) is 3.43. The third kappa shape index (κ3) is 2.40. The second-order valence-corrected chi connectivity index (χ2v) is 5.03. The van der Waals surface area contributed by atoms with E-state index in [1.54, 1.807) is 13.8 Å². The van der Waals surface area contributed by atoms with Crippen molar-refractivity contribution < 1.29 is 9.32 Å². The smallest absolute Gasteiger partial charge is 0.257 e. The van der Waals surface area contributed by atoms with E-state index >= 15 is 0 Å². The number of aryl methyl sites for hydroxylation is 2. The zero-order valence-corrected chi connectivity index (χ0v) is 12.1. The van der Waals surface area contributed by atoms with E-state index in [9.17, 15) is 4.79 Å². The molecule has 108 valence electrons. The number of H-pyrrole nitrogens is 1. The molecule has 2 heterocycles. The fourth-order valence-corrected chi connectivity index (χ4v) is 2.32. The Hall–Kier alpha value is -2.63. The number of hydrogen-bond donors (Lipinski definition) is 2. The quantitative estimate of drug-likeness (QED) is 0.774. The Bertz CT molecular complexity index is 750. The van der Waals surface area contributed by atoms with Gasteiger partial charge < -0.3 is 14.8 Å². The van der Waals surface area contributed by atoms with Crippen molar-refractivity contribution in [3.05, 3.63) is 47.1 Å². The molecule has 0 saturated carbocycles. The molecular formula is C15H16N4O2. The van der Waals surface area contributed by atoms with Crippen LogP contribution in [0.25, 0.3) is 11.0 Å². The molecule has 0 unspecified atom stereocenters. The van der Waals surface area contributed by atoms with Crippen molar-refractivity contribution in [1.82, 2.24) is 20.4 Å². The minimum Gasteiger partial charge on any atom is -0.361 e. The standard InChI is InChI=1S/C15H16N4O2/c1-8-13(10(3)21-19-8)15(20)16-9(2)14-17-11-6-4-5-7-12(11)18-14/h4-7,9H,1-3H3,(H,16,20)(H,17,18)/t9-/m1/s1. The molecule has 0 saturated heterocycles. The number of fused-ring (bicyclic) bond motifs is 1. The van der Waals surface area contributed by atoms with Crippen LogP contribution in [0, 0.1) is 13.8 Å². The van der Waals surface area contributed by atoms with Crippen molar-refractivity contribution in [2.24, 2.45) is 0 Å². The van der Waals surface area contributed by atoms with Crippen molar-refractivity contribution in [1.29, 1.82) is 0 Å². The van der Waals surface area contributed by atoms with E-state index in [4.69, 9.17) is 4.52 Å². The SMILES string of the molecule is Cc1noc(C)c1C(=O)N[C@H](C)c1nc2ccccc2[nH]1. The number of carbonyl (C=O) groups is 1. The zero-order valence-electron chi connectivity index (χ0n) is 12.1. The van der Waals surface area contributed by atoms with Crippen molar-refractivity contribution in [3.8, 4) is 0 Å². The van der Waals surface area contributed by atoms with Crippen LogP contribution in [0.1, 0.15) is 40.6 Å². The molecule has 0 aliphatic heterocycles. The van der Waals surface area contributed by atoms with Crippen molar-refractivity contribution in [3.63, 3.8) is 0 Å². The summed E-state index contributed by atoms with van der Waals surface area (Å²) in [5, 5.41) is 6.70. The average Bonchev–Trinajstić information content (AvgIpc) is 3.02. The molecule has 1 atom stereocenters. The number of imidazole rings is 1. The molecule has 3 rings (SSSR count). The molecule has 1 amide bonds. The predicted molar refractivity (Wildman–Crippen MR) is 78.0 cm³/mol. The van der Waals surface area contributed by atoms with E-state index in [0.29, 0.717) is 17.0 Å². The first-order valence-corrected chi connectivity index (χ1v) is 6.74. The van der Waals surface area contributed by atoms with Crippen LogP contribution >= 0.6 is 0 Å². The minimum atomic E-state index is -0.237. The second kappa shape index (κ2) is 5.05. The molecule has 6 heteroatoms. The van der Waals surface area contributed by atoms with Gasteiger partial charge in [0.2, 0.25) is 0 Å². The third-order valence-corrected chi connectivity index (χ3v) is 3.43. The maximum atomic E-state index is 12.3. The van der Waals surface area contributed by atoms with Crippen LogP contribution in [0.15, 0.2) is 28.8 Å². The highest BCUT2D eigenvalue weighted by Crippen LogP contribution is 2.17. The van der Waals surface area contributed by atoms with Gasteiger partial charge in [0.1, 0.15) is 17.1 Å². The molecule has 0 radical (unpaired) electrons. The fourth-order valence-electron chi connectivity index (χ4n) is 2.32. The van der Waals surface area contributed by atoms with Gasteiger partial charge in [-0.1, -0.05) is 17.3 Å². The summed E-state index contributed by atoms with van der Waals surface area (Å²) in [6.45, 7) is 5.35. The van der Waals surface area contributed by atoms with Gasteiger partial charge in [0, 0.05) is 0 Å². The highest BCUT2D eigenvalue weighted by atomic mass is 16.5. The van der Waals surface area contributed by atoms with Gasteiger partial charge in [-0.3, -0.25) is 4.79 Å². The molecule has 0 aliphatic carbocycles. The lowest BCUT2D eigenvalue weighted by molar-refractivity contribution is 0.0936. The lowest BCUT2D eigenvalue weighted by Crippen LogP contribution is -2.28. The van der Waals surface area contributed by atoms with Gasteiger partial charge in [-0.25, -0.2) is 4.98 Å². The Balaban J connectivity index is 1.82. The van der Waals surface area contributed by atoms with Gasteiger partial charge in [0.15, 0.2) is 0 Å². The summed E-state index contributed by atoms with van der Waals surface area (Å²) in [5.74, 6) is 1.03. The number of hydrogen-bond acceptors (Lipinski definition) is 4. The van der Waals surface area contributed by atoms with E-state index in [1.807, 2.05) is 31.2 Å². The average molecular weight is 284 g/mol. The number of amides is 1. The number of carbonyl (C=O) groups excluding carboxylic acids is 1. The highest BCUT2D eigenvalue weighted by Gasteiger charge is 2.20. The number of nitrogens with one attached hydrogen (secondary N) is 2. The van der Waals surface area contributed by atoms with Crippen LogP contribution in [0.3, 0.4) is 0 Å². The van der Waals surface area contributed by atoms with E-state index in [1.165, 1.54) is 0 Å². The molecule has 21 heavy (non-hydrogen) atoms. The lowest BCUT2D eigenvalue weighted by atomic mass is 10.2. The summed E-state index contributed by atoms with van der Waals surface area (Å²) in [6, 6.07) is 7.52. The summed E-state index contributed by atoms with van der Waals surface area (Å²) >= 11 is 0. The van der Waals surface area contributed by atoms with Crippen LogP contribution in [-0.4, -0.2) is 21.0 Å². The van der Waals surface area contributed by atoms with Crippen LogP contribution in [0.5, 0.6) is 0 Å². The normalized spacial score (nSPS) is 12.5. The summed E-state index contributed by atoms with van der Waals surface area (Å²) in [6.07, 6.45) is 0. The largest absolute Gasteiger partial charge is 0.361 e. The molecule has 2 N–H and O–H groups in total. The first-order chi connectivity index (χ1) is 10.1. The van der Waals surface area contributed by atoms with Crippen molar-refractivity contribution >= 4 is 16.9 Å². The highest BCUT2D eigenvalue weighted by molar-refractivity contribution is 5.96. The zero-order chi connectivity index (χ0) is 15.0. The topological polar surface area (TPSA) is 83.8 Å². The van der Waals surface area contributed by atoms with Crippen LogP contribution in [0.4, 0.5) is 0 Å². The number of aromatic nitrogens is 3. The number of para-hydroxylation sites is 2. The Labute approximate surface area is 121 Å². The number of nitrogens with zero attached hydrogens (tertiary/aromatic N) is 2. The van der Waals surface area contributed by atoms with Gasteiger partial charge in [-0.05, 0) is 32.9 Å². The second-order valence-electron chi connectivity index (χ2n) is 5.03. The first kappa shape index (κ1) is 13.4. The molecular weight excluding hydrogens is 268 g/mol. The summed E-state index contributed by atoms with van der Waals surface area (Å²) in [5.41, 5.74) is 2.90. The molecule has 1 aromatic carbocycles. The Morgan fingerprint density at radius 2 is 2.10 bits per heavy atom. The maximum absolute atomic E-state index is 12.3. The van der Waals surface area contributed by atoms with Gasteiger partial charge in [0.05, 0.1) is 22.8 Å². The predicted octanol–water partition coefficient (Wildman–Crippen LogP) is 2.66. The lowest BCUT2D eigenvalue weighted by Gasteiger charge is -2.11. The Morgan fingerprint density at radius 3 is 2.76 bits per heavy atom. The molecule has 0 fully saturated rings. The van der Waals surface area contributed by atoms with Crippen molar-refractivity contribution in [2.45, 2.75) is 26.8 Å². The van der Waals surface area contributed by atoms with Gasteiger partial charge in [-0.2, -0.15) is 0 Å². The van der Waals surface area contributed by atoms with Gasteiger partial charge in [-0.15, -0.1) is 0 Å². The Morgan fingerprint density at radius 1 is 1.33 bits per heavy atom. The van der Waals surface area contributed by atoms with E-state index in [-0.39, 0.29) is 11.9 Å². The van der Waals surface area contributed by atoms with Crippen LogP contribution < -0.4 is 5.32 Å². The molecule has 0 spiro atoms. The van der Waals surface area contributed by atoms with Crippen LogP contribution in [0.2, 0.25) is 0 Å². The molecule has 0 aliphatic rings.